The lowest BCUT2D eigenvalue weighted by Crippen LogP contribution is -2.36. The van der Waals surface area contributed by atoms with E-state index in [-0.39, 0.29) is 17.8 Å². The standard InChI is InChI=1S/C15H14O3/c1-17-11-7-5-9-3-2-8-4-6-10(16)14-12(8)13(9)15(11)18-14/h4-8,12,14H,2-3H2,1H3/t8?,12?,14-/m0/s1. The number of aryl methyl sites for hydroxylation is 1. The van der Waals surface area contributed by atoms with Gasteiger partial charge >= 0.3 is 0 Å². The SMILES string of the molecule is COc1ccc2c3c1O[C@H]1C(=O)C=CC(CC2)C31. The van der Waals surface area contributed by atoms with Crippen LogP contribution in [0.2, 0.25) is 0 Å². The minimum Gasteiger partial charge on any atom is -0.493 e. The third kappa shape index (κ3) is 1.12. The maximum atomic E-state index is 12.0. The Bertz CT molecular complexity index is 573. The van der Waals surface area contributed by atoms with Crippen LogP contribution >= 0.6 is 0 Å². The van der Waals surface area contributed by atoms with Gasteiger partial charge in [0.25, 0.3) is 0 Å². The third-order valence-corrected chi connectivity index (χ3v) is 4.37. The largest absolute Gasteiger partial charge is 0.493 e. The van der Waals surface area contributed by atoms with Crippen LogP contribution in [0.4, 0.5) is 0 Å². The monoisotopic (exact) mass is 242 g/mol. The molecule has 2 unspecified atom stereocenters. The lowest BCUT2D eigenvalue weighted by atomic mass is 9.70. The molecule has 1 heterocycles. The minimum absolute atomic E-state index is 0.0855. The number of benzene rings is 1. The summed E-state index contributed by atoms with van der Waals surface area (Å²) in [7, 11) is 1.64. The summed E-state index contributed by atoms with van der Waals surface area (Å²) in [6.45, 7) is 0. The molecule has 0 radical (unpaired) electrons. The summed E-state index contributed by atoms with van der Waals surface area (Å²) in [6, 6.07) is 4.06. The second-order valence-corrected chi connectivity index (χ2v) is 5.20. The van der Waals surface area contributed by atoms with Crippen LogP contribution in [0.3, 0.4) is 0 Å². The highest BCUT2D eigenvalue weighted by molar-refractivity contribution is 5.97. The van der Waals surface area contributed by atoms with E-state index < -0.39 is 0 Å². The number of carbonyl (C=O) groups is 1. The average Bonchev–Trinajstić information content (AvgIpc) is 2.81. The van der Waals surface area contributed by atoms with Crippen LogP contribution in [0.1, 0.15) is 23.5 Å². The summed E-state index contributed by atoms with van der Waals surface area (Å²) in [5, 5.41) is 0. The van der Waals surface area contributed by atoms with Gasteiger partial charge < -0.3 is 9.47 Å². The van der Waals surface area contributed by atoms with Crippen LogP contribution in [0.15, 0.2) is 24.3 Å². The molecule has 3 atom stereocenters. The number of rotatable bonds is 1. The van der Waals surface area contributed by atoms with Gasteiger partial charge in [-0.15, -0.1) is 0 Å². The maximum Gasteiger partial charge on any atom is 0.196 e. The minimum atomic E-state index is -0.328. The molecule has 92 valence electrons. The molecule has 4 rings (SSSR count). The van der Waals surface area contributed by atoms with E-state index in [4.69, 9.17) is 9.47 Å². The van der Waals surface area contributed by atoms with Crippen molar-refractivity contribution in [1.82, 2.24) is 0 Å². The van der Waals surface area contributed by atoms with Gasteiger partial charge in [-0.1, -0.05) is 12.1 Å². The van der Waals surface area contributed by atoms with Gasteiger partial charge in [-0.2, -0.15) is 0 Å². The van der Waals surface area contributed by atoms with Crippen molar-refractivity contribution in [2.24, 2.45) is 5.92 Å². The van der Waals surface area contributed by atoms with E-state index in [1.807, 2.05) is 6.07 Å². The molecule has 1 aromatic carbocycles. The predicted molar refractivity (Wildman–Crippen MR) is 66.1 cm³/mol. The van der Waals surface area contributed by atoms with E-state index in [9.17, 15) is 4.79 Å². The first-order valence-corrected chi connectivity index (χ1v) is 6.38. The van der Waals surface area contributed by atoms with Gasteiger partial charge in [0, 0.05) is 11.5 Å². The smallest absolute Gasteiger partial charge is 0.196 e. The van der Waals surface area contributed by atoms with Crippen molar-refractivity contribution in [1.29, 1.82) is 0 Å². The first-order valence-electron chi connectivity index (χ1n) is 6.38. The van der Waals surface area contributed by atoms with Crippen molar-refractivity contribution >= 4 is 5.78 Å². The summed E-state index contributed by atoms with van der Waals surface area (Å²) in [4.78, 5) is 12.0. The molecule has 1 aromatic rings. The normalized spacial score (nSPS) is 30.9. The average molecular weight is 242 g/mol. The van der Waals surface area contributed by atoms with E-state index in [2.05, 4.69) is 12.1 Å². The number of methoxy groups -OCH3 is 1. The van der Waals surface area contributed by atoms with E-state index in [1.165, 1.54) is 11.1 Å². The van der Waals surface area contributed by atoms with Crippen LogP contribution in [0, 0.1) is 5.92 Å². The summed E-state index contributed by atoms with van der Waals surface area (Å²) in [6.07, 6.45) is 5.58. The molecule has 0 N–H and O–H groups in total. The van der Waals surface area contributed by atoms with Crippen LogP contribution in [0.25, 0.3) is 0 Å². The molecule has 3 heteroatoms. The lowest BCUT2D eigenvalue weighted by molar-refractivity contribution is -0.122. The van der Waals surface area contributed by atoms with Gasteiger partial charge in [0.2, 0.25) is 0 Å². The molecule has 0 spiro atoms. The number of ketones is 1. The van der Waals surface area contributed by atoms with E-state index in [0.29, 0.717) is 5.92 Å². The molecule has 0 fully saturated rings. The summed E-state index contributed by atoms with van der Waals surface area (Å²) in [5.74, 6) is 2.27. The van der Waals surface area contributed by atoms with Gasteiger partial charge in [-0.05, 0) is 36.5 Å². The van der Waals surface area contributed by atoms with Crippen LogP contribution < -0.4 is 9.47 Å². The Morgan fingerprint density at radius 3 is 3.11 bits per heavy atom. The topological polar surface area (TPSA) is 35.5 Å². The zero-order valence-corrected chi connectivity index (χ0v) is 10.2. The van der Waals surface area contributed by atoms with Crippen molar-refractivity contribution in [3.8, 4) is 11.5 Å². The van der Waals surface area contributed by atoms with Gasteiger partial charge in [0.05, 0.1) is 7.11 Å². The maximum absolute atomic E-state index is 12.0. The highest BCUT2D eigenvalue weighted by atomic mass is 16.5. The van der Waals surface area contributed by atoms with Crippen molar-refractivity contribution in [3.05, 3.63) is 35.4 Å². The lowest BCUT2D eigenvalue weighted by Gasteiger charge is -2.32. The van der Waals surface area contributed by atoms with Crippen LogP contribution in [-0.4, -0.2) is 19.0 Å². The van der Waals surface area contributed by atoms with Crippen molar-refractivity contribution < 1.29 is 14.3 Å². The molecule has 0 amide bonds. The molecule has 2 aliphatic carbocycles. The molecule has 3 aliphatic rings. The predicted octanol–water partition coefficient (Wildman–Crippen LogP) is 2.24. The van der Waals surface area contributed by atoms with E-state index in [0.717, 1.165) is 24.3 Å². The van der Waals surface area contributed by atoms with Crippen molar-refractivity contribution in [2.45, 2.75) is 24.9 Å². The van der Waals surface area contributed by atoms with Crippen LogP contribution in [-0.2, 0) is 11.2 Å². The fourth-order valence-electron chi connectivity index (χ4n) is 3.54. The Kier molecular flexibility index (Phi) is 1.91. The number of hydrogen-bond acceptors (Lipinski definition) is 3. The molecule has 0 bridgehead atoms. The highest BCUT2D eigenvalue weighted by Gasteiger charge is 2.48. The summed E-state index contributed by atoms with van der Waals surface area (Å²) >= 11 is 0. The Balaban J connectivity index is 1.96. The number of ether oxygens (including phenoxy) is 2. The molecular weight excluding hydrogens is 228 g/mol. The Hall–Kier alpha value is -1.77. The zero-order chi connectivity index (χ0) is 12.3. The number of hydrogen-bond donors (Lipinski definition) is 0. The number of allylic oxidation sites excluding steroid dienone is 1. The molecule has 0 saturated heterocycles. The number of carbonyl (C=O) groups excluding carboxylic acids is 1. The molecule has 18 heavy (non-hydrogen) atoms. The molecular formula is C15H14O3. The van der Waals surface area contributed by atoms with Gasteiger partial charge in [-0.3, -0.25) is 4.79 Å². The van der Waals surface area contributed by atoms with E-state index in [1.54, 1.807) is 13.2 Å². The first-order chi connectivity index (χ1) is 8.79. The second kappa shape index (κ2) is 3.37. The fraction of sp³-hybridized carbons (Fsp3) is 0.400. The fourth-order valence-corrected chi connectivity index (χ4v) is 3.54. The summed E-state index contributed by atoms with van der Waals surface area (Å²) < 4.78 is 11.3. The van der Waals surface area contributed by atoms with Gasteiger partial charge in [0.15, 0.2) is 23.4 Å². The summed E-state index contributed by atoms with van der Waals surface area (Å²) in [5.41, 5.74) is 2.53. The van der Waals surface area contributed by atoms with Gasteiger partial charge in [-0.25, -0.2) is 0 Å². The Morgan fingerprint density at radius 2 is 2.28 bits per heavy atom. The first kappa shape index (κ1) is 10.2. The van der Waals surface area contributed by atoms with Crippen molar-refractivity contribution in [2.75, 3.05) is 7.11 Å². The zero-order valence-electron chi connectivity index (χ0n) is 10.2. The second-order valence-electron chi connectivity index (χ2n) is 5.20. The third-order valence-electron chi connectivity index (χ3n) is 4.37. The Labute approximate surface area is 105 Å². The molecule has 1 aliphatic heterocycles. The van der Waals surface area contributed by atoms with E-state index >= 15 is 0 Å². The molecule has 0 saturated carbocycles. The van der Waals surface area contributed by atoms with Crippen molar-refractivity contribution in [3.63, 3.8) is 0 Å². The quantitative estimate of drug-likeness (QED) is 0.757. The van der Waals surface area contributed by atoms with Crippen LogP contribution in [0.5, 0.6) is 11.5 Å². The van der Waals surface area contributed by atoms with Gasteiger partial charge in [0.1, 0.15) is 0 Å². The Morgan fingerprint density at radius 1 is 1.39 bits per heavy atom. The molecule has 0 aromatic heterocycles. The highest BCUT2D eigenvalue weighted by Crippen LogP contribution is 2.54. The molecule has 3 nitrogen and oxygen atoms in total.